The summed E-state index contributed by atoms with van der Waals surface area (Å²) in [4.78, 5) is 12.5. The number of esters is 1. The standard InChI is InChI=1S/C13H12FNO3S/c1-17-10-4-3-7(5-8(10)14)11-6-9(15)12(19-11)13(16)18-2/h3-6H,15H2,1-2H3. The van der Waals surface area contributed by atoms with E-state index in [0.717, 1.165) is 11.3 Å². The zero-order valence-corrected chi connectivity index (χ0v) is 11.2. The Balaban J connectivity index is 2.42. The predicted molar refractivity (Wildman–Crippen MR) is 72.0 cm³/mol. The molecule has 0 spiro atoms. The zero-order valence-electron chi connectivity index (χ0n) is 10.4. The first-order chi connectivity index (χ1) is 9.06. The summed E-state index contributed by atoms with van der Waals surface area (Å²) in [6, 6.07) is 6.19. The van der Waals surface area contributed by atoms with Crippen LogP contribution in [0.2, 0.25) is 0 Å². The fourth-order valence-electron chi connectivity index (χ4n) is 1.62. The number of nitrogens with two attached hydrogens (primary N) is 1. The molecule has 0 fully saturated rings. The molecular formula is C13H12FNO3S. The molecule has 6 heteroatoms. The van der Waals surface area contributed by atoms with E-state index in [0.29, 0.717) is 21.0 Å². The first-order valence-electron chi connectivity index (χ1n) is 5.38. The number of thiophene rings is 1. The molecule has 2 N–H and O–H groups in total. The Morgan fingerprint density at radius 1 is 1.32 bits per heavy atom. The van der Waals surface area contributed by atoms with E-state index in [-0.39, 0.29) is 5.75 Å². The summed E-state index contributed by atoms with van der Waals surface area (Å²) in [6.07, 6.45) is 0. The second-order valence-corrected chi connectivity index (χ2v) is 4.79. The lowest BCUT2D eigenvalue weighted by atomic mass is 10.1. The van der Waals surface area contributed by atoms with Crippen molar-refractivity contribution in [1.29, 1.82) is 0 Å². The van der Waals surface area contributed by atoms with Gasteiger partial charge in [0, 0.05) is 4.88 Å². The molecule has 0 aliphatic heterocycles. The van der Waals surface area contributed by atoms with E-state index >= 15 is 0 Å². The van der Waals surface area contributed by atoms with Gasteiger partial charge in [-0.1, -0.05) is 0 Å². The van der Waals surface area contributed by atoms with Crippen LogP contribution in [0.5, 0.6) is 5.75 Å². The molecule has 2 aromatic rings. The van der Waals surface area contributed by atoms with Gasteiger partial charge in [-0.05, 0) is 29.8 Å². The molecule has 4 nitrogen and oxygen atoms in total. The Morgan fingerprint density at radius 3 is 2.63 bits per heavy atom. The van der Waals surface area contributed by atoms with Gasteiger partial charge >= 0.3 is 5.97 Å². The van der Waals surface area contributed by atoms with Crippen LogP contribution in [-0.4, -0.2) is 20.2 Å². The van der Waals surface area contributed by atoms with Crippen LogP contribution in [0, 0.1) is 5.82 Å². The third-order valence-corrected chi connectivity index (χ3v) is 3.75. The Morgan fingerprint density at radius 2 is 2.05 bits per heavy atom. The molecule has 0 unspecified atom stereocenters. The number of halogens is 1. The van der Waals surface area contributed by atoms with Gasteiger partial charge in [0.25, 0.3) is 0 Å². The van der Waals surface area contributed by atoms with E-state index in [1.54, 1.807) is 12.1 Å². The summed E-state index contributed by atoms with van der Waals surface area (Å²) in [6.45, 7) is 0. The van der Waals surface area contributed by atoms with Gasteiger partial charge in [0.05, 0.1) is 19.9 Å². The molecule has 1 aromatic carbocycles. The maximum absolute atomic E-state index is 13.6. The smallest absolute Gasteiger partial charge is 0.350 e. The van der Waals surface area contributed by atoms with E-state index in [4.69, 9.17) is 10.5 Å². The van der Waals surface area contributed by atoms with Crippen LogP contribution in [0.4, 0.5) is 10.1 Å². The van der Waals surface area contributed by atoms with Crippen LogP contribution in [-0.2, 0) is 4.74 Å². The first kappa shape index (κ1) is 13.4. The number of carbonyl (C=O) groups is 1. The van der Waals surface area contributed by atoms with Crippen molar-refractivity contribution in [2.45, 2.75) is 0 Å². The SMILES string of the molecule is COC(=O)c1sc(-c2ccc(OC)c(F)c2)cc1N. The Bertz CT molecular complexity index is 624. The number of hydrogen-bond donors (Lipinski definition) is 1. The average molecular weight is 281 g/mol. The number of methoxy groups -OCH3 is 2. The molecule has 0 atom stereocenters. The lowest BCUT2D eigenvalue weighted by molar-refractivity contribution is 0.0607. The monoisotopic (exact) mass is 281 g/mol. The fraction of sp³-hybridized carbons (Fsp3) is 0.154. The molecule has 0 saturated heterocycles. The van der Waals surface area contributed by atoms with Gasteiger partial charge in [-0.15, -0.1) is 11.3 Å². The van der Waals surface area contributed by atoms with Crippen LogP contribution < -0.4 is 10.5 Å². The van der Waals surface area contributed by atoms with Crippen LogP contribution in [0.1, 0.15) is 9.67 Å². The number of anilines is 1. The van der Waals surface area contributed by atoms with E-state index in [1.807, 2.05) is 0 Å². The summed E-state index contributed by atoms with van der Waals surface area (Å²) >= 11 is 1.16. The second-order valence-electron chi connectivity index (χ2n) is 3.74. The molecule has 0 saturated carbocycles. The van der Waals surface area contributed by atoms with Crippen molar-refractivity contribution in [2.24, 2.45) is 0 Å². The van der Waals surface area contributed by atoms with Crippen molar-refractivity contribution in [3.05, 3.63) is 35.0 Å². The van der Waals surface area contributed by atoms with E-state index in [9.17, 15) is 9.18 Å². The number of ether oxygens (including phenoxy) is 2. The van der Waals surface area contributed by atoms with E-state index in [2.05, 4.69) is 4.74 Å². The highest BCUT2D eigenvalue weighted by atomic mass is 32.1. The van der Waals surface area contributed by atoms with Crippen molar-refractivity contribution < 1.29 is 18.7 Å². The molecule has 0 aliphatic rings. The summed E-state index contributed by atoms with van der Waals surface area (Å²) in [5.74, 6) is -0.796. The second kappa shape index (κ2) is 5.27. The number of carbonyl (C=O) groups excluding carboxylic acids is 1. The van der Waals surface area contributed by atoms with E-state index < -0.39 is 11.8 Å². The minimum absolute atomic E-state index is 0.168. The van der Waals surface area contributed by atoms with Crippen LogP contribution >= 0.6 is 11.3 Å². The van der Waals surface area contributed by atoms with Crippen molar-refractivity contribution in [2.75, 3.05) is 20.0 Å². The molecule has 1 aromatic heterocycles. The van der Waals surface area contributed by atoms with Gasteiger partial charge in [0.2, 0.25) is 0 Å². The van der Waals surface area contributed by atoms with Crippen LogP contribution in [0.25, 0.3) is 10.4 Å². The minimum atomic E-state index is -0.497. The molecule has 0 bridgehead atoms. The number of nitrogen functional groups attached to an aromatic ring is 1. The maximum Gasteiger partial charge on any atom is 0.350 e. The third-order valence-electron chi connectivity index (χ3n) is 2.57. The number of rotatable bonds is 3. The van der Waals surface area contributed by atoms with Crippen molar-refractivity contribution in [3.63, 3.8) is 0 Å². The normalized spacial score (nSPS) is 10.3. The Kier molecular flexibility index (Phi) is 3.71. The molecule has 100 valence electrons. The topological polar surface area (TPSA) is 61.5 Å². The summed E-state index contributed by atoms with van der Waals surface area (Å²) in [7, 11) is 2.69. The zero-order chi connectivity index (χ0) is 14.0. The van der Waals surface area contributed by atoms with Crippen molar-refractivity contribution >= 4 is 23.0 Å². The lowest BCUT2D eigenvalue weighted by Gasteiger charge is -2.03. The molecule has 0 amide bonds. The number of benzene rings is 1. The van der Waals surface area contributed by atoms with Gasteiger partial charge in [0.1, 0.15) is 4.88 Å². The summed E-state index contributed by atoms with van der Waals surface area (Å²) in [5.41, 5.74) is 6.69. The quantitative estimate of drug-likeness (QED) is 0.879. The third kappa shape index (κ3) is 2.53. The number of hydrogen-bond acceptors (Lipinski definition) is 5. The summed E-state index contributed by atoms with van der Waals surface area (Å²) in [5, 5.41) is 0. The Hall–Kier alpha value is -2.08. The largest absolute Gasteiger partial charge is 0.494 e. The van der Waals surface area contributed by atoms with Crippen LogP contribution in [0.15, 0.2) is 24.3 Å². The van der Waals surface area contributed by atoms with Gasteiger partial charge < -0.3 is 15.2 Å². The maximum atomic E-state index is 13.6. The highest BCUT2D eigenvalue weighted by Gasteiger charge is 2.16. The molecular weight excluding hydrogens is 269 g/mol. The van der Waals surface area contributed by atoms with Crippen molar-refractivity contribution in [1.82, 2.24) is 0 Å². The van der Waals surface area contributed by atoms with Gasteiger partial charge in [0.15, 0.2) is 11.6 Å². The average Bonchev–Trinajstić information content (AvgIpc) is 2.80. The van der Waals surface area contributed by atoms with Gasteiger partial charge in [-0.2, -0.15) is 0 Å². The molecule has 1 heterocycles. The molecule has 0 aliphatic carbocycles. The van der Waals surface area contributed by atoms with Crippen molar-refractivity contribution in [3.8, 4) is 16.2 Å². The molecule has 2 rings (SSSR count). The first-order valence-corrected chi connectivity index (χ1v) is 6.20. The Labute approximate surface area is 113 Å². The minimum Gasteiger partial charge on any atom is -0.494 e. The van der Waals surface area contributed by atoms with Gasteiger partial charge in [-0.3, -0.25) is 0 Å². The highest BCUT2D eigenvalue weighted by molar-refractivity contribution is 7.18. The highest BCUT2D eigenvalue weighted by Crippen LogP contribution is 2.35. The molecule has 0 radical (unpaired) electrons. The fourth-order valence-corrected chi connectivity index (χ4v) is 2.61. The molecule has 19 heavy (non-hydrogen) atoms. The summed E-state index contributed by atoms with van der Waals surface area (Å²) < 4.78 is 23.1. The lowest BCUT2D eigenvalue weighted by Crippen LogP contribution is -2.00. The predicted octanol–water partition coefficient (Wildman–Crippen LogP) is 2.93. The van der Waals surface area contributed by atoms with E-state index in [1.165, 1.54) is 26.4 Å². The van der Waals surface area contributed by atoms with Crippen LogP contribution in [0.3, 0.4) is 0 Å². The van der Waals surface area contributed by atoms with Gasteiger partial charge in [-0.25, -0.2) is 9.18 Å².